The third kappa shape index (κ3) is 1.29. The van der Waals surface area contributed by atoms with E-state index in [1.165, 1.54) is 0 Å². The third-order valence-corrected chi connectivity index (χ3v) is 2.91. The largest absolute Gasteiger partial charge is 0.495 e. The lowest BCUT2D eigenvalue weighted by molar-refractivity contribution is 0.408. The predicted octanol–water partition coefficient (Wildman–Crippen LogP) is 1.03. The molecule has 0 aromatic carbocycles. The summed E-state index contributed by atoms with van der Waals surface area (Å²) in [5, 5.41) is 3.26. The number of rotatable bonds is 2. The minimum Gasteiger partial charge on any atom is -0.495 e. The average molecular weight is 203 g/mol. The Balaban J connectivity index is 2.13. The Morgan fingerprint density at radius 3 is 3.00 bits per heavy atom. The number of pyridine rings is 1. The van der Waals surface area contributed by atoms with Gasteiger partial charge in [-0.15, -0.1) is 0 Å². The zero-order valence-electron chi connectivity index (χ0n) is 8.60. The molecule has 0 saturated carbocycles. The number of nitrogens with zero attached hydrogens (tertiary/aromatic N) is 2. The first-order chi connectivity index (χ1) is 7.38. The smallest absolute Gasteiger partial charge is 0.135 e. The maximum atomic E-state index is 5.21. The average Bonchev–Trinajstić information content (AvgIpc) is 2.59. The summed E-state index contributed by atoms with van der Waals surface area (Å²) in [5.74, 6) is 2.54. The Bertz CT molecular complexity index is 488. The first kappa shape index (κ1) is 8.73. The first-order valence-electron chi connectivity index (χ1n) is 5.10. The van der Waals surface area contributed by atoms with Crippen molar-refractivity contribution in [3.63, 3.8) is 0 Å². The van der Waals surface area contributed by atoms with Gasteiger partial charge in [0.15, 0.2) is 0 Å². The Labute approximate surface area is 87.9 Å². The summed E-state index contributed by atoms with van der Waals surface area (Å²) in [6, 6.07) is 3.99. The molecule has 1 saturated heterocycles. The Hall–Kier alpha value is -1.55. The summed E-state index contributed by atoms with van der Waals surface area (Å²) < 4.78 is 7.33. The number of imidazole rings is 1. The van der Waals surface area contributed by atoms with E-state index in [0.29, 0.717) is 5.92 Å². The molecule has 2 aromatic rings. The fraction of sp³-hybridized carbons (Fsp3) is 0.364. The van der Waals surface area contributed by atoms with E-state index >= 15 is 0 Å². The molecule has 0 spiro atoms. The Morgan fingerprint density at radius 1 is 1.47 bits per heavy atom. The van der Waals surface area contributed by atoms with Crippen molar-refractivity contribution in [2.24, 2.45) is 0 Å². The van der Waals surface area contributed by atoms with Crippen molar-refractivity contribution < 1.29 is 4.74 Å². The molecule has 0 atom stereocenters. The fourth-order valence-corrected chi connectivity index (χ4v) is 1.88. The molecule has 3 rings (SSSR count). The van der Waals surface area contributed by atoms with Crippen molar-refractivity contribution in [2.75, 3.05) is 20.2 Å². The Kier molecular flexibility index (Phi) is 1.89. The second-order valence-corrected chi connectivity index (χ2v) is 3.84. The van der Waals surface area contributed by atoms with Crippen LogP contribution in [0.5, 0.6) is 5.75 Å². The van der Waals surface area contributed by atoms with E-state index in [0.717, 1.165) is 30.2 Å². The van der Waals surface area contributed by atoms with Crippen molar-refractivity contribution in [1.82, 2.24) is 14.7 Å². The molecular weight excluding hydrogens is 190 g/mol. The first-order valence-corrected chi connectivity index (χ1v) is 5.10. The monoisotopic (exact) mass is 203 g/mol. The van der Waals surface area contributed by atoms with Crippen LogP contribution < -0.4 is 10.1 Å². The van der Waals surface area contributed by atoms with E-state index in [1.807, 2.05) is 24.5 Å². The lowest BCUT2D eigenvalue weighted by Gasteiger charge is -2.25. The highest BCUT2D eigenvalue weighted by atomic mass is 16.5. The molecule has 0 amide bonds. The number of nitrogens with one attached hydrogen (secondary N) is 1. The van der Waals surface area contributed by atoms with Crippen LogP contribution in [-0.4, -0.2) is 29.6 Å². The van der Waals surface area contributed by atoms with E-state index < -0.39 is 0 Å². The Morgan fingerprint density at radius 2 is 2.33 bits per heavy atom. The fourth-order valence-electron chi connectivity index (χ4n) is 1.88. The summed E-state index contributed by atoms with van der Waals surface area (Å²) >= 11 is 0. The molecule has 0 radical (unpaired) electrons. The van der Waals surface area contributed by atoms with Gasteiger partial charge in [-0.3, -0.25) is 4.40 Å². The van der Waals surface area contributed by atoms with Gasteiger partial charge in [-0.1, -0.05) is 0 Å². The van der Waals surface area contributed by atoms with Crippen LogP contribution in [0.2, 0.25) is 0 Å². The summed E-state index contributed by atoms with van der Waals surface area (Å²) in [6.45, 7) is 2.05. The van der Waals surface area contributed by atoms with Gasteiger partial charge in [0, 0.05) is 19.0 Å². The highest BCUT2D eigenvalue weighted by molar-refractivity contribution is 5.49. The molecule has 3 heterocycles. The molecule has 0 unspecified atom stereocenters. The van der Waals surface area contributed by atoms with Crippen molar-refractivity contribution in [1.29, 1.82) is 0 Å². The van der Waals surface area contributed by atoms with Gasteiger partial charge in [-0.2, -0.15) is 0 Å². The molecule has 1 N–H and O–H groups in total. The quantitative estimate of drug-likeness (QED) is 0.792. The summed E-state index contributed by atoms with van der Waals surface area (Å²) in [5.41, 5.74) is 1.12. The summed E-state index contributed by atoms with van der Waals surface area (Å²) in [6.07, 6.45) is 3.91. The molecule has 1 aliphatic rings. The summed E-state index contributed by atoms with van der Waals surface area (Å²) in [4.78, 5) is 4.46. The molecule has 1 aliphatic heterocycles. The van der Waals surface area contributed by atoms with Gasteiger partial charge in [-0.05, 0) is 12.1 Å². The van der Waals surface area contributed by atoms with Gasteiger partial charge < -0.3 is 10.1 Å². The minimum absolute atomic E-state index is 0.541. The van der Waals surface area contributed by atoms with Crippen molar-refractivity contribution >= 4 is 5.52 Å². The van der Waals surface area contributed by atoms with E-state index in [2.05, 4.69) is 14.7 Å². The highest BCUT2D eigenvalue weighted by Crippen LogP contribution is 2.22. The third-order valence-electron chi connectivity index (χ3n) is 2.91. The minimum atomic E-state index is 0.541. The molecule has 15 heavy (non-hydrogen) atoms. The molecule has 78 valence electrons. The second-order valence-electron chi connectivity index (χ2n) is 3.84. The zero-order chi connectivity index (χ0) is 10.3. The number of ether oxygens (including phenoxy) is 1. The SMILES string of the molecule is COc1ccc2cnc(C3CNC3)n2c1. The van der Waals surface area contributed by atoms with Gasteiger partial charge in [0.05, 0.1) is 25.0 Å². The molecule has 4 nitrogen and oxygen atoms in total. The molecule has 1 fully saturated rings. The standard InChI is InChI=1S/C11H13N3O/c1-15-10-3-2-9-6-13-11(14(9)7-10)8-4-12-5-8/h2-3,6-8,12H,4-5H2,1H3. The number of hydrogen-bond donors (Lipinski definition) is 1. The van der Waals surface area contributed by atoms with Gasteiger partial charge >= 0.3 is 0 Å². The van der Waals surface area contributed by atoms with Gasteiger partial charge in [0.1, 0.15) is 11.6 Å². The van der Waals surface area contributed by atoms with E-state index in [-0.39, 0.29) is 0 Å². The molecule has 2 aromatic heterocycles. The van der Waals surface area contributed by atoms with Crippen molar-refractivity contribution in [3.8, 4) is 5.75 Å². The number of methoxy groups -OCH3 is 1. The lowest BCUT2D eigenvalue weighted by atomic mass is 10.0. The van der Waals surface area contributed by atoms with Crippen LogP contribution in [0.25, 0.3) is 5.52 Å². The van der Waals surface area contributed by atoms with Crippen LogP contribution in [0.15, 0.2) is 24.5 Å². The molecule has 0 bridgehead atoms. The molecule has 4 heteroatoms. The number of fused-ring (bicyclic) bond motifs is 1. The zero-order valence-corrected chi connectivity index (χ0v) is 8.60. The van der Waals surface area contributed by atoms with E-state index in [4.69, 9.17) is 4.74 Å². The number of hydrogen-bond acceptors (Lipinski definition) is 3. The van der Waals surface area contributed by atoms with Gasteiger partial charge in [0.2, 0.25) is 0 Å². The van der Waals surface area contributed by atoms with Crippen LogP contribution in [-0.2, 0) is 0 Å². The maximum absolute atomic E-state index is 5.21. The van der Waals surface area contributed by atoms with Gasteiger partial charge in [0.25, 0.3) is 0 Å². The van der Waals surface area contributed by atoms with Crippen LogP contribution >= 0.6 is 0 Å². The second kappa shape index (κ2) is 3.24. The van der Waals surface area contributed by atoms with Crippen LogP contribution in [0.4, 0.5) is 0 Å². The predicted molar refractivity (Wildman–Crippen MR) is 57.4 cm³/mol. The van der Waals surface area contributed by atoms with E-state index in [9.17, 15) is 0 Å². The normalized spacial score (nSPS) is 16.6. The van der Waals surface area contributed by atoms with Crippen molar-refractivity contribution in [3.05, 3.63) is 30.4 Å². The number of aromatic nitrogens is 2. The van der Waals surface area contributed by atoms with Crippen molar-refractivity contribution in [2.45, 2.75) is 5.92 Å². The topological polar surface area (TPSA) is 38.6 Å². The lowest BCUT2D eigenvalue weighted by Crippen LogP contribution is -2.40. The molecule has 0 aliphatic carbocycles. The van der Waals surface area contributed by atoms with Crippen LogP contribution in [0.1, 0.15) is 11.7 Å². The highest BCUT2D eigenvalue weighted by Gasteiger charge is 2.23. The van der Waals surface area contributed by atoms with Crippen LogP contribution in [0.3, 0.4) is 0 Å². The maximum Gasteiger partial charge on any atom is 0.135 e. The van der Waals surface area contributed by atoms with E-state index in [1.54, 1.807) is 7.11 Å². The summed E-state index contributed by atoms with van der Waals surface area (Å²) in [7, 11) is 1.68. The van der Waals surface area contributed by atoms with Gasteiger partial charge in [-0.25, -0.2) is 4.98 Å². The molecular formula is C11H13N3O. The van der Waals surface area contributed by atoms with Crippen LogP contribution in [0, 0.1) is 0 Å².